The number of hydrogen-bond acceptors (Lipinski definition) is 1. The van der Waals surface area contributed by atoms with Crippen molar-refractivity contribution in [2.24, 2.45) is 0 Å². The number of rotatable bonds is 3. The topological polar surface area (TPSA) is 23.2 Å². The number of allylic oxidation sites excluding steroid dienone is 6. The molecular weight excluding hydrogens is 354 g/mol. The summed E-state index contributed by atoms with van der Waals surface area (Å²) in [5.74, 6) is 1.67. The first-order valence-corrected chi connectivity index (χ1v) is 9.70. The Hall–Kier alpha value is -3.91. The first-order valence-electron chi connectivity index (χ1n) is 9.70. The predicted molar refractivity (Wildman–Crippen MR) is 119 cm³/mol. The number of hydrogen-bond donors (Lipinski definition) is 1. The van der Waals surface area contributed by atoms with Crippen molar-refractivity contribution in [2.45, 2.75) is 0 Å². The van der Waals surface area contributed by atoms with Crippen molar-refractivity contribution in [3.8, 4) is 0 Å². The number of fused-ring (bicyclic) bond motifs is 1. The van der Waals surface area contributed by atoms with Gasteiger partial charge in [-0.2, -0.15) is 0 Å². The third kappa shape index (κ3) is 3.61. The Labute approximate surface area is 170 Å². The lowest BCUT2D eigenvalue weighted by atomic mass is 10.0. The average Bonchev–Trinajstić information content (AvgIpc) is 3.22. The van der Waals surface area contributed by atoms with Crippen molar-refractivity contribution >= 4 is 28.8 Å². The van der Waals surface area contributed by atoms with E-state index in [4.69, 9.17) is 4.74 Å². The largest absolute Gasteiger partial charge is 0.457 e. The second-order valence-electron chi connectivity index (χ2n) is 6.97. The van der Waals surface area contributed by atoms with E-state index in [1.54, 1.807) is 0 Å². The molecule has 2 aliphatic heterocycles. The molecule has 0 saturated heterocycles. The zero-order valence-corrected chi connectivity index (χ0v) is 15.9. The average molecular weight is 374 g/mol. The molecule has 0 aromatic heterocycles. The summed E-state index contributed by atoms with van der Waals surface area (Å²) in [6, 6.07) is 28.9. The maximum Gasteiger partial charge on any atom is 0.211 e. The van der Waals surface area contributed by atoms with Gasteiger partial charge in [-0.15, -0.1) is 0 Å². The standard InChI is InChI=1S/C27H19NO/c1-3-9-20(10-4-1)23-17-24(29-27(18-23)21-11-5-2-6-12-21)16-15-22-19-28-26-14-8-7-13-25(22)26/h1-19H/p+1/b22-15+,24-16+. The van der Waals surface area contributed by atoms with Gasteiger partial charge in [-0.1, -0.05) is 72.8 Å². The van der Waals surface area contributed by atoms with Crippen LogP contribution >= 0.6 is 0 Å². The van der Waals surface area contributed by atoms with Crippen LogP contribution in [0.3, 0.4) is 0 Å². The lowest BCUT2D eigenvalue weighted by molar-refractivity contribution is -0.342. The van der Waals surface area contributed by atoms with Gasteiger partial charge >= 0.3 is 0 Å². The van der Waals surface area contributed by atoms with E-state index >= 15 is 0 Å². The van der Waals surface area contributed by atoms with Gasteiger partial charge in [0.1, 0.15) is 11.5 Å². The van der Waals surface area contributed by atoms with Crippen LogP contribution in [0.15, 0.2) is 115 Å². The molecule has 0 bridgehead atoms. The molecule has 5 rings (SSSR count). The lowest BCUT2D eigenvalue weighted by Gasteiger charge is -2.18. The van der Waals surface area contributed by atoms with Crippen molar-refractivity contribution in [1.82, 2.24) is 0 Å². The molecule has 1 N–H and O–H groups in total. The Morgan fingerprint density at radius 3 is 2.14 bits per heavy atom. The molecule has 0 atom stereocenters. The van der Waals surface area contributed by atoms with E-state index in [1.165, 1.54) is 11.1 Å². The maximum atomic E-state index is 6.24. The molecule has 0 fully saturated rings. The van der Waals surface area contributed by atoms with Gasteiger partial charge in [0.2, 0.25) is 5.69 Å². The summed E-state index contributed by atoms with van der Waals surface area (Å²) >= 11 is 0. The van der Waals surface area contributed by atoms with Gasteiger partial charge in [-0.05, 0) is 41.5 Å². The van der Waals surface area contributed by atoms with Crippen LogP contribution in [-0.4, -0.2) is 6.21 Å². The summed E-state index contributed by atoms with van der Waals surface area (Å²) in [7, 11) is 0. The highest BCUT2D eigenvalue weighted by atomic mass is 16.5. The molecule has 0 spiro atoms. The molecule has 2 heterocycles. The minimum absolute atomic E-state index is 0.815. The van der Waals surface area contributed by atoms with Gasteiger partial charge in [0.25, 0.3) is 0 Å². The van der Waals surface area contributed by atoms with Crippen molar-refractivity contribution in [3.63, 3.8) is 0 Å². The van der Waals surface area contributed by atoms with Crippen molar-refractivity contribution in [1.29, 1.82) is 0 Å². The highest BCUT2D eigenvalue weighted by Crippen LogP contribution is 2.32. The quantitative estimate of drug-likeness (QED) is 0.692. The smallest absolute Gasteiger partial charge is 0.211 e. The third-order valence-electron chi connectivity index (χ3n) is 5.03. The molecule has 29 heavy (non-hydrogen) atoms. The first-order chi connectivity index (χ1) is 14.4. The van der Waals surface area contributed by atoms with Gasteiger partial charge in [0, 0.05) is 11.6 Å². The Bertz CT molecular complexity index is 1200. The van der Waals surface area contributed by atoms with E-state index in [2.05, 4.69) is 77.8 Å². The van der Waals surface area contributed by atoms with Crippen LogP contribution in [0, 0.1) is 0 Å². The zero-order chi connectivity index (χ0) is 19.5. The summed E-state index contributed by atoms with van der Waals surface area (Å²) in [4.78, 5) is 3.32. The third-order valence-corrected chi connectivity index (χ3v) is 5.03. The zero-order valence-electron chi connectivity index (χ0n) is 15.9. The van der Waals surface area contributed by atoms with Crippen molar-refractivity contribution in [3.05, 3.63) is 132 Å². The molecule has 0 radical (unpaired) electrons. The Kier molecular flexibility index (Phi) is 4.51. The molecule has 0 unspecified atom stereocenters. The van der Waals surface area contributed by atoms with Gasteiger partial charge < -0.3 is 4.74 Å². The summed E-state index contributed by atoms with van der Waals surface area (Å²) in [5.41, 5.74) is 6.84. The van der Waals surface area contributed by atoms with E-state index in [1.807, 2.05) is 42.6 Å². The number of benzene rings is 3. The molecule has 2 aliphatic rings. The molecule has 0 saturated carbocycles. The molecule has 3 aromatic rings. The first kappa shape index (κ1) is 17.2. The second-order valence-corrected chi connectivity index (χ2v) is 6.97. The SMILES string of the molecule is C1=[NH+]c2ccccc2/C1=C/C=C1\C=C(c2ccccc2)C=C(c2ccccc2)O1. The molecule has 2 heteroatoms. The van der Waals surface area contributed by atoms with Gasteiger partial charge in [0.15, 0.2) is 6.21 Å². The van der Waals surface area contributed by atoms with Crippen LogP contribution < -0.4 is 4.99 Å². The van der Waals surface area contributed by atoms with Gasteiger partial charge in [0.05, 0.1) is 11.1 Å². The van der Waals surface area contributed by atoms with Crippen LogP contribution in [0.4, 0.5) is 5.69 Å². The Morgan fingerprint density at radius 1 is 0.655 bits per heavy atom. The van der Waals surface area contributed by atoms with E-state index in [9.17, 15) is 0 Å². The minimum atomic E-state index is 0.815. The van der Waals surface area contributed by atoms with E-state index in [0.29, 0.717) is 0 Å². The molecule has 0 aliphatic carbocycles. The predicted octanol–water partition coefficient (Wildman–Crippen LogP) is 4.91. The van der Waals surface area contributed by atoms with E-state index in [-0.39, 0.29) is 0 Å². The van der Waals surface area contributed by atoms with Crippen LogP contribution in [0.5, 0.6) is 0 Å². The summed E-state index contributed by atoms with van der Waals surface area (Å²) in [6.45, 7) is 0. The number of nitrogens with one attached hydrogen (secondary N) is 1. The molecular formula is C27H20NO+. The summed E-state index contributed by atoms with van der Waals surface area (Å²) in [6.07, 6.45) is 10.4. The van der Waals surface area contributed by atoms with Crippen LogP contribution in [0.2, 0.25) is 0 Å². The Morgan fingerprint density at radius 2 is 1.34 bits per heavy atom. The van der Waals surface area contributed by atoms with Crippen molar-refractivity contribution in [2.75, 3.05) is 0 Å². The molecule has 138 valence electrons. The second kappa shape index (κ2) is 7.61. The Balaban J connectivity index is 1.54. The summed E-state index contributed by atoms with van der Waals surface area (Å²) < 4.78 is 6.24. The van der Waals surface area contributed by atoms with E-state index < -0.39 is 0 Å². The molecule has 3 aromatic carbocycles. The minimum Gasteiger partial charge on any atom is -0.457 e. The number of ether oxygens (including phenoxy) is 1. The summed E-state index contributed by atoms with van der Waals surface area (Å²) in [5, 5.41) is 0. The molecule has 0 amide bonds. The lowest BCUT2D eigenvalue weighted by Crippen LogP contribution is -2.58. The van der Waals surface area contributed by atoms with Crippen LogP contribution in [0.1, 0.15) is 16.7 Å². The fourth-order valence-electron chi connectivity index (χ4n) is 3.55. The van der Waals surface area contributed by atoms with Crippen LogP contribution in [0.25, 0.3) is 16.9 Å². The monoisotopic (exact) mass is 374 g/mol. The number of para-hydroxylation sites is 1. The highest BCUT2D eigenvalue weighted by molar-refractivity contribution is 6.11. The van der Waals surface area contributed by atoms with Gasteiger partial charge in [-0.25, -0.2) is 4.99 Å². The van der Waals surface area contributed by atoms with Gasteiger partial charge in [-0.3, -0.25) is 0 Å². The molecule has 2 nitrogen and oxygen atoms in total. The fraction of sp³-hybridized carbons (Fsp3) is 0. The fourth-order valence-corrected chi connectivity index (χ4v) is 3.55. The normalized spacial score (nSPS) is 17.7. The highest BCUT2D eigenvalue weighted by Gasteiger charge is 2.17. The van der Waals surface area contributed by atoms with E-state index in [0.717, 1.165) is 33.9 Å². The van der Waals surface area contributed by atoms with Crippen LogP contribution in [-0.2, 0) is 4.74 Å². The maximum absolute atomic E-state index is 6.24. The van der Waals surface area contributed by atoms with Crippen molar-refractivity contribution < 1.29 is 9.73 Å².